The molecule has 0 spiro atoms. The third-order valence-corrected chi connectivity index (χ3v) is 2.89. The van der Waals surface area contributed by atoms with E-state index < -0.39 is 0 Å². The molecule has 1 rings (SSSR count). The van der Waals surface area contributed by atoms with Crippen LogP contribution in [-0.4, -0.2) is 42.9 Å². The van der Waals surface area contributed by atoms with E-state index >= 15 is 0 Å². The molecule has 1 aliphatic rings. The number of hydrogen-bond donors (Lipinski definition) is 2. The Morgan fingerprint density at radius 1 is 1.29 bits per heavy atom. The standard InChI is InChI=1S/C12H24N4O/c1-2-7-14-11(17)10-15-12(13)16-8-5-3-4-6-9-16/h2-10H2,1H3,(H2,13,15)(H,14,17). The van der Waals surface area contributed by atoms with Gasteiger partial charge < -0.3 is 16.0 Å². The monoisotopic (exact) mass is 240 g/mol. The summed E-state index contributed by atoms with van der Waals surface area (Å²) in [6.45, 7) is 4.80. The first kappa shape index (κ1) is 13.8. The van der Waals surface area contributed by atoms with Gasteiger partial charge in [0.05, 0.1) is 0 Å². The fourth-order valence-electron chi connectivity index (χ4n) is 1.87. The van der Waals surface area contributed by atoms with Crippen molar-refractivity contribution >= 4 is 11.9 Å². The van der Waals surface area contributed by atoms with E-state index in [1.54, 1.807) is 0 Å². The number of hydrogen-bond acceptors (Lipinski definition) is 2. The van der Waals surface area contributed by atoms with Crippen LogP contribution in [0.2, 0.25) is 0 Å². The number of likely N-dealkylation sites (tertiary alicyclic amines) is 1. The largest absolute Gasteiger partial charge is 0.370 e. The smallest absolute Gasteiger partial charge is 0.241 e. The van der Waals surface area contributed by atoms with Gasteiger partial charge in [-0.15, -0.1) is 0 Å². The van der Waals surface area contributed by atoms with Gasteiger partial charge in [0, 0.05) is 19.6 Å². The summed E-state index contributed by atoms with van der Waals surface area (Å²) >= 11 is 0. The van der Waals surface area contributed by atoms with Gasteiger partial charge in [0.25, 0.3) is 0 Å². The van der Waals surface area contributed by atoms with E-state index in [-0.39, 0.29) is 12.5 Å². The van der Waals surface area contributed by atoms with E-state index in [4.69, 9.17) is 5.73 Å². The van der Waals surface area contributed by atoms with Crippen LogP contribution >= 0.6 is 0 Å². The molecule has 98 valence electrons. The van der Waals surface area contributed by atoms with E-state index in [0.29, 0.717) is 12.5 Å². The van der Waals surface area contributed by atoms with Crippen LogP contribution in [0.1, 0.15) is 39.0 Å². The first-order valence-electron chi connectivity index (χ1n) is 6.55. The number of carbonyl (C=O) groups excluding carboxylic acids is 1. The quantitative estimate of drug-likeness (QED) is 0.561. The van der Waals surface area contributed by atoms with Crippen molar-refractivity contribution in [2.45, 2.75) is 39.0 Å². The van der Waals surface area contributed by atoms with Crippen molar-refractivity contribution in [1.29, 1.82) is 0 Å². The molecule has 5 nitrogen and oxygen atoms in total. The molecule has 1 fully saturated rings. The van der Waals surface area contributed by atoms with E-state index in [9.17, 15) is 4.79 Å². The Kier molecular flexibility index (Phi) is 6.43. The molecule has 0 radical (unpaired) electrons. The molecule has 5 heteroatoms. The lowest BCUT2D eigenvalue weighted by Gasteiger charge is -2.20. The summed E-state index contributed by atoms with van der Waals surface area (Å²) in [7, 11) is 0. The molecule has 1 aliphatic heterocycles. The highest BCUT2D eigenvalue weighted by atomic mass is 16.1. The van der Waals surface area contributed by atoms with E-state index in [1.807, 2.05) is 6.92 Å². The molecule has 0 aliphatic carbocycles. The Bertz CT molecular complexity index is 257. The summed E-state index contributed by atoms with van der Waals surface area (Å²) < 4.78 is 0. The number of rotatable bonds is 4. The van der Waals surface area contributed by atoms with Crippen LogP contribution in [0.25, 0.3) is 0 Å². The Morgan fingerprint density at radius 2 is 1.94 bits per heavy atom. The van der Waals surface area contributed by atoms with Crippen molar-refractivity contribution in [3.8, 4) is 0 Å². The van der Waals surface area contributed by atoms with Crippen molar-refractivity contribution in [2.24, 2.45) is 10.7 Å². The summed E-state index contributed by atoms with van der Waals surface area (Å²) in [6.07, 6.45) is 5.80. The average Bonchev–Trinajstić information content (AvgIpc) is 2.62. The molecule has 0 unspecified atom stereocenters. The minimum absolute atomic E-state index is 0.0513. The first-order valence-corrected chi connectivity index (χ1v) is 6.55. The Hall–Kier alpha value is -1.26. The maximum atomic E-state index is 11.4. The molecule has 0 saturated carbocycles. The molecule has 0 bridgehead atoms. The number of carbonyl (C=O) groups is 1. The SMILES string of the molecule is CCCNC(=O)CN=C(N)N1CCCCCC1. The van der Waals surface area contributed by atoms with Crippen LogP contribution in [0, 0.1) is 0 Å². The van der Waals surface area contributed by atoms with E-state index in [0.717, 1.165) is 32.4 Å². The summed E-state index contributed by atoms with van der Waals surface area (Å²) in [6, 6.07) is 0. The van der Waals surface area contributed by atoms with E-state index in [2.05, 4.69) is 15.2 Å². The third-order valence-electron chi connectivity index (χ3n) is 2.89. The highest BCUT2D eigenvalue weighted by Crippen LogP contribution is 2.08. The zero-order chi connectivity index (χ0) is 12.5. The number of amides is 1. The summed E-state index contributed by atoms with van der Waals surface area (Å²) in [5.41, 5.74) is 5.89. The predicted octanol–water partition coefficient (Wildman–Crippen LogP) is 0.703. The Balaban J connectivity index is 2.33. The van der Waals surface area contributed by atoms with Gasteiger partial charge >= 0.3 is 0 Å². The van der Waals surface area contributed by atoms with Crippen LogP contribution in [0.15, 0.2) is 4.99 Å². The third kappa shape index (κ3) is 5.56. The van der Waals surface area contributed by atoms with Crippen molar-refractivity contribution in [2.75, 3.05) is 26.2 Å². The van der Waals surface area contributed by atoms with Crippen molar-refractivity contribution in [1.82, 2.24) is 10.2 Å². The Morgan fingerprint density at radius 3 is 2.53 bits per heavy atom. The van der Waals surface area contributed by atoms with Crippen LogP contribution in [-0.2, 0) is 4.79 Å². The van der Waals surface area contributed by atoms with Gasteiger partial charge in [-0.25, -0.2) is 4.99 Å². The van der Waals surface area contributed by atoms with Gasteiger partial charge in [-0.3, -0.25) is 4.79 Å². The van der Waals surface area contributed by atoms with Crippen molar-refractivity contribution in [3.05, 3.63) is 0 Å². The van der Waals surface area contributed by atoms with Gasteiger partial charge in [0.2, 0.25) is 5.91 Å². The van der Waals surface area contributed by atoms with E-state index in [1.165, 1.54) is 12.8 Å². The molecule has 0 atom stereocenters. The zero-order valence-electron chi connectivity index (χ0n) is 10.7. The average molecular weight is 240 g/mol. The van der Waals surface area contributed by atoms with Gasteiger partial charge in [-0.1, -0.05) is 19.8 Å². The molecule has 17 heavy (non-hydrogen) atoms. The zero-order valence-corrected chi connectivity index (χ0v) is 10.7. The number of guanidine groups is 1. The van der Waals surface area contributed by atoms with Crippen LogP contribution in [0.3, 0.4) is 0 Å². The summed E-state index contributed by atoms with van der Waals surface area (Å²) in [4.78, 5) is 17.6. The molecule has 0 aromatic carbocycles. The topological polar surface area (TPSA) is 70.7 Å². The Labute approximate surface area is 103 Å². The molecule has 1 amide bonds. The lowest BCUT2D eigenvalue weighted by molar-refractivity contribution is -0.119. The van der Waals surface area contributed by atoms with Crippen LogP contribution in [0.5, 0.6) is 0 Å². The molecule has 1 heterocycles. The number of nitrogens with one attached hydrogen (secondary N) is 1. The lowest BCUT2D eigenvalue weighted by Crippen LogP contribution is -2.39. The number of aliphatic imine (C=N–C) groups is 1. The minimum atomic E-state index is -0.0513. The minimum Gasteiger partial charge on any atom is -0.370 e. The predicted molar refractivity (Wildman–Crippen MR) is 69.8 cm³/mol. The van der Waals surface area contributed by atoms with Crippen LogP contribution in [0.4, 0.5) is 0 Å². The second kappa shape index (κ2) is 7.92. The van der Waals surface area contributed by atoms with Crippen LogP contribution < -0.4 is 11.1 Å². The maximum Gasteiger partial charge on any atom is 0.241 e. The highest BCUT2D eigenvalue weighted by Gasteiger charge is 2.11. The molecule has 0 aromatic heterocycles. The lowest BCUT2D eigenvalue weighted by atomic mass is 10.2. The highest BCUT2D eigenvalue weighted by molar-refractivity contribution is 5.84. The second-order valence-corrected chi connectivity index (χ2v) is 4.43. The normalized spacial score (nSPS) is 17.7. The number of nitrogens with zero attached hydrogens (tertiary/aromatic N) is 2. The molecule has 1 saturated heterocycles. The second-order valence-electron chi connectivity index (χ2n) is 4.43. The summed E-state index contributed by atoms with van der Waals surface area (Å²) in [5.74, 6) is 0.461. The fraction of sp³-hybridized carbons (Fsp3) is 0.833. The maximum absolute atomic E-state index is 11.4. The van der Waals surface area contributed by atoms with Gasteiger partial charge in [-0.05, 0) is 19.3 Å². The van der Waals surface area contributed by atoms with Crippen molar-refractivity contribution < 1.29 is 4.79 Å². The molecule has 0 aromatic rings. The molecule has 3 N–H and O–H groups in total. The first-order chi connectivity index (χ1) is 8.24. The van der Waals surface area contributed by atoms with Crippen molar-refractivity contribution in [3.63, 3.8) is 0 Å². The van der Waals surface area contributed by atoms with Gasteiger partial charge in [-0.2, -0.15) is 0 Å². The summed E-state index contributed by atoms with van der Waals surface area (Å²) in [5, 5.41) is 2.78. The fourth-order valence-corrected chi connectivity index (χ4v) is 1.87. The van der Waals surface area contributed by atoms with Gasteiger partial charge in [0.1, 0.15) is 6.54 Å². The molecular weight excluding hydrogens is 216 g/mol. The molecular formula is C12H24N4O. The van der Waals surface area contributed by atoms with Gasteiger partial charge in [0.15, 0.2) is 5.96 Å². The number of nitrogens with two attached hydrogens (primary N) is 1.